The molecule has 4 heteroatoms. The van der Waals surface area contributed by atoms with Crippen molar-refractivity contribution in [1.82, 2.24) is 9.88 Å². The summed E-state index contributed by atoms with van der Waals surface area (Å²) in [5.41, 5.74) is 2.53. The first-order valence-electron chi connectivity index (χ1n) is 7.43. The van der Waals surface area contributed by atoms with Crippen molar-refractivity contribution in [2.75, 3.05) is 18.4 Å². The van der Waals surface area contributed by atoms with E-state index in [4.69, 9.17) is 0 Å². The summed E-state index contributed by atoms with van der Waals surface area (Å²) in [6, 6.07) is 13.2. The molecule has 0 bridgehead atoms. The van der Waals surface area contributed by atoms with Gasteiger partial charge in [-0.05, 0) is 46.9 Å². The molecule has 1 unspecified atom stereocenters. The minimum atomic E-state index is 0.501. The first kappa shape index (κ1) is 14.5. The van der Waals surface area contributed by atoms with E-state index in [2.05, 4.69) is 61.5 Å². The largest absolute Gasteiger partial charge is 0.380 e. The lowest BCUT2D eigenvalue weighted by Crippen LogP contribution is -2.41. The molecule has 2 aromatic rings. The van der Waals surface area contributed by atoms with E-state index >= 15 is 0 Å². The van der Waals surface area contributed by atoms with Crippen molar-refractivity contribution in [2.24, 2.45) is 0 Å². The Morgan fingerprint density at radius 2 is 2.10 bits per heavy atom. The van der Waals surface area contributed by atoms with Crippen LogP contribution in [-0.2, 0) is 6.54 Å². The van der Waals surface area contributed by atoms with Crippen LogP contribution in [-0.4, -0.2) is 29.0 Å². The fourth-order valence-corrected chi connectivity index (χ4v) is 3.24. The molecule has 0 spiro atoms. The van der Waals surface area contributed by atoms with Crippen molar-refractivity contribution >= 4 is 21.6 Å². The van der Waals surface area contributed by atoms with E-state index in [9.17, 15) is 0 Å². The monoisotopic (exact) mass is 345 g/mol. The Kier molecular flexibility index (Phi) is 4.88. The van der Waals surface area contributed by atoms with E-state index in [1.165, 1.54) is 24.9 Å². The number of nitrogens with one attached hydrogen (secondary N) is 1. The van der Waals surface area contributed by atoms with E-state index in [1.807, 2.05) is 18.5 Å². The van der Waals surface area contributed by atoms with Crippen LogP contribution in [0.4, 0.5) is 5.69 Å². The molecule has 1 aromatic heterocycles. The minimum Gasteiger partial charge on any atom is -0.380 e. The van der Waals surface area contributed by atoms with Crippen molar-refractivity contribution in [1.29, 1.82) is 0 Å². The smallest absolute Gasteiger partial charge is 0.0590 e. The molecule has 1 aliphatic rings. The zero-order valence-corrected chi connectivity index (χ0v) is 13.6. The Labute approximate surface area is 134 Å². The van der Waals surface area contributed by atoms with Gasteiger partial charge in [0.1, 0.15) is 0 Å². The van der Waals surface area contributed by atoms with Crippen LogP contribution in [0.25, 0.3) is 0 Å². The second-order valence-corrected chi connectivity index (χ2v) is 6.41. The Bertz CT molecular complexity index is 573. The molecule has 0 aliphatic carbocycles. The van der Waals surface area contributed by atoms with Gasteiger partial charge in [-0.15, -0.1) is 0 Å². The summed E-state index contributed by atoms with van der Waals surface area (Å²) in [4.78, 5) is 6.64. The van der Waals surface area contributed by atoms with Crippen molar-refractivity contribution in [3.63, 3.8) is 0 Å². The molecule has 1 atom stereocenters. The van der Waals surface area contributed by atoms with E-state index in [-0.39, 0.29) is 0 Å². The fraction of sp³-hybridized carbons (Fsp3) is 0.353. The topological polar surface area (TPSA) is 28.2 Å². The Morgan fingerprint density at radius 3 is 2.90 bits per heavy atom. The third kappa shape index (κ3) is 4.05. The number of halogens is 1. The van der Waals surface area contributed by atoms with Gasteiger partial charge < -0.3 is 5.32 Å². The van der Waals surface area contributed by atoms with E-state index in [0.717, 1.165) is 23.2 Å². The fourth-order valence-electron chi connectivity index (χ4n) is 2.87. The first-order valence-corrected chi connectivity index (χ1v) is 8.23. The van der Waals surface area contributed by atoms with Crippen molar-refractivity contribution in [3.8, 4) is 0 Å². The molecular weight excluding hydrogens is 326 g/mol. The van der Waals surface area contributed by atoms with Crippen LogP contribution in [0.5, 0.6) is 0 Å². The summed E-state index contributed by atoms with van der Waals surface area (Å²) in [5, 5.41) is 3.64. The number of piperidine rings is 1. The summed E-state index contributed by atoms with van der Waals surface area (Å²) in [6.07, 6.45) is 6.14. The van der Waals surface area contributed by atoms with Crippen molar-refractivity contribution < 1.29 is 0 Å². The number of benzene rings is 1. The molecule has 0 amide bonds. The van der Waals surface area contributed by atoms with Gasteiger partial charge in [-0.3, -0.25) is 9.88 Å². The molecule has 1 aromatic carbocycles. The van der Waals surface area contributed by atoms with E-state index < -0.39 is 0 Å². The van der Waals surface area contributed by atoms with Gasteiger partial charge in [0.05, 0.1) is 10.2 Å². The van der Waals surface area contributed by atoms with E-state index in [1.54, 1.807) is 0 Å². The van der Waals surface area contributed by atoms with Crippen LogP contribution >= 0.6 is 15.9 Å². The van der Waals surface area contributed by atoms with Crippen LogP contribution < -0.4 is 5.32 Å². The normalized spacial score (nSPS) is 19.4. The maximum atomic E-state index is 4.11. The van der Waals surface area contributed by atoms with Gasteiger partial charge in [0.25, 0.3) is 0 Å². The average Bonchev–Trinajstić information content (AvgIpc) is 2.51. The predicted molar refractivity (Wildman–Crippen MR) is 90.3 cm³/mol. The second kappa shape index (κ2) is 7.05. The molecule has 21 heavy (non-hydrogen) atoms. The van der Waals surface area contributed by atoms with Crippen LogP contribution in [0.15, 0.2) is 53.3 Å². The molecule has 1 aliphatic heterocycles. The van der Waals surface area contributed by atoms with Gasteiger partial charge >= 0.3 is 0 Å². The van der Waals surface area contributed by atoms with Gasteiger partial charge in [0.2, 0.25) is 0 Å². The summed E-state index contributed by atoms with van der Waals surface area (Å²) < 4.78 is 1.03. The zero-order valence-electron chi connectivity index (χ0n) is 12.0. The molecular formula is C17H20BrN3. The highest BCUT2D eigenvalue weighted by molar-refractivity contribution is 9.10. The molecule has 3 rings (SSSR count). The highest BCUT2D eigenvalue weighted by Gasteiger charge is 2.20. The number of nitrogens with zero attached hydrogens (tertiary/aromatic N) is 2. The SMILES string of the molecule is Brc1cnccc1NC1CCCN(Cc2ccccc2)C1. The van der Waals surface area contributed by atoms with Gasteiger partial charge in [-0.1, -0.05) is 30.3 Å². The maximum absolute atomic E-state index is 4.11. The quantitative estimate of drug-likeness (QED) is 0.910. The average molecular weight is 346 g/mol. The number of likely N-dealkylation sites (tertiary alicyclic amines) is 1. The highest BCUT2D eigenvalue weighted by Crippen LogP contribution is 2.23. The standard InChI is InChI=1S/C17H20BrN3/c18-16-11-19-9-8-17(16)20-15-7-4-10-21(13-15)12-14-5-2-1-3-6-14/h1-3,5-6,8-9,11,15H,4,7,10,12-13H2,(H,19,20). The van der Waals surface area contributed by atoms with Crippen LogP contribution in [0, 0.1) is 0 Å². The first-order chi connectivity index (χ1) is 10.3. The van der Waals surface area contributed by atoms with Gasteiger partial charge in [-0.25, -0.2) is 0 Å². The van der Waals surface area contributed by atoms with Crippen molar-refractivity contribution in [2.45, 2.75) is 25.4 Å². The maximum Gasteiger partial charge on any atom is 0.0590 e. The molecule has 1 saturated heterocycles. The molecule has 1 fully saturated rings. The summed E-state index contributed by atoms with van der Waals surface area (Å²) >= 11 is 3.55. The van der Waals surface area contributed by atoms with E-state index in [0.29, 0.717) is 6.04 Å². The zero-order chi connectivity index (χ0) is 14.5. The molecule has 0 radical (unpaired) electrons. The number of aromatic nitrogens is 1. The second-order valence-electron chi connectivity index (χ2n) is 5.56. The summed E-state index contributed by atoms with van der Waals surface area (Å²) in [6.45, 7) is 3.31. The lowest BCUT2D eigenvalue weighted by atomic mass is 10.0. The molecule has 1 N–H and O–H groups in total. The molecule has 3 nitrogen and oxygen atoms in total. The Balaban J connectivity index is 1.60. The van der Waals surface area contributed by atoms with Crippen LogP contribution in [0.2, 0.25) is 0 Å². The molecule has 0 saturated carbocycles. The number of rotatable bonds is 4. The number of hydrogen-bond donors (Lipinski definition) is 1. The van der Waals surface area contributed by atoms with Crippen molar-refractivity contribution in [3.05, 3.63) is 58.8 Å². The lowest BCUT2D eigenvalue weighted by molar-refractivity contribution is 0.208. The predicted octanol–water partition coefficient (Wildman–Crippen LogP) is 3.92. The third-order valence-corrected chi connectivity index (χ3v) is 4.52. The Morgan fingerprint density at radius 1 is 1.24 bits per heavy atom. The van der Waals surface area contributed by atoms with Gasteiger partial charge in [-0.2, -0.15) is 0 Å². The lowest BCUT2D eigenvalue weighted by Gasteiger charge is -2.33. The van der Waals surface area contributed by atoms with Gasteiger partial charge in [0, 0.05) is 31.5 Å². The minimum absolute atomic E-state index is 0.501. The summed E-state index contributed by atoms with van der Waals surface area (Å²) in [7, 11) is 0. The number of hydrogen-bond acceptors (Lipinski definition) is 3. The van der Waals surface area contributed by atoms with Gasteiger partial charge in [0.15, 0.2) is 0 Å². The molecule has 2 heterocycles. The van der Waals surface area contributed by atoms with Crippen LogP contribution in [0.1, 0.15) is 18.4 Å². The van der Waals surface area contributed by atoms with Crippen LogP contribution in [0.3, 0.4) is 0 Å². The molecule has 110 valence electrons. The third-order valence-electron chi connectivity index (χ3n) is 3.89. The number of pyridine rings is 1. The Hall–Kier alpha value is -1.39. The summed E-state index contributed by atoms with van der Waals surface area (Å²) in [5.74, 6) is 0. The number of anilines is 1. The highest BCUT2D eigenvalue weighted by atomic mass is 79.9.